The van der Waals surface area contributed by atoms with Gasteiger partial charge >= 0.3 is 12.4 Å². The van der Waals surface area contributed by atoms with Crippen molar-refractivity contribution in [3.8, 4) is 0 Å². The zero-order valence-corrected chi connectivity index (χ0v) is 24.4. The maximum absolute atomic E-state index is 15.2. The minimum atomic E-state index is -6.19. The summed E-state index contributed by atoms with van der Waals surface area (Å²) in [6.45, 7) is 0. The molecule has 4 nitrogen and oxygen atoms in total. The molecule has 2 amide bonds. The summed E-state index contributed by atoms with van der Waals surface area (Å²) in [5, 5.41) is 4.23. The highest BCUT2D eigenvalue weighted by Gasteiger charge is 2.73. The Morgan fingerprint density at radius 2 is 0.884 bits per heavy atom. The third-order valence-electron chi connectivity index (χ3n) is 6.35. The van der Waals surface area contributed by atoms with Gasteiger partial charge in [-0.05, 0) is 91.5 Å². The topological polar surface area (TPSA) is 58.2 Å². The number of anilines is 2. The van der Waals surface area contributed by atoms with Crippen molar-refractivity contribution in [2.75, 3.05) is 10.6 Å². The molecule has 4 rings (SSSR count). The summed E-state index contributed by atoms with van der Waals surface area (Å²) in [5.41, 5.74) is -9.61. The molecule has 2 N–H and O–H groups in total. The van der Waals surface area contributed by atoms with Crippen LogP contribution in [0.15, 0.2) is 93.9 Å². The number of carbonyl (C=O) groups excluding carboxylic acids is 2. The smallest absolute Gasteiger partial charge is 0.319 e. The van der Waals surface area contributed by atoms with Gasteiger partial charge in [0.05, 0.1) is 11.4 Å². The van der Waals surface area contributed by atoms with Crippen LogP contribution in [0.4, 0.5) is 46.5 Å². The quantitative estimate of drug-likeness (QED) is 0.194. The average molecular weight is 736 g/mol. The van der Waals surface area contributed by atoms with Crippen molar-refractivity contribution in [2.24, 2.45) is 0 Å². The molecule has 0 saturated carbocycles. The van der Waals surface area contributed by atoms with Gasteiger partial charge in [0.2, 0.25) is 5.41 Å². The highest BCUT2D eigenvalue weighted by molar-refractivity contribution is 9.11. The minimum absolute atomic E-state index is 0.0246. The van der Waals surface area contributed by atoms with E-state index in [2.05, 4.69) is 42.5 Å². The first-order chi connectivity index (χ1) is 20.1. The van der Waals surface area contributed by atoms with E-state index in [-0.39, 0.29) is 23.3 Å². The monoisotopic (exact) mass is 734 g/mol. The first kappa shape index (κ1) is 32.1. The molecule has 0 fully saturated rings. The number of hydrogen-bond acceptors (Lipinski definition) is 2. The Bertz CT molecular complexity index is 1510. The van der Waals surface area contributed by atoms with Gasteiger partial charge in [-0.3, -0.25) is 9.59 Å². The molecule has 4 aromatic carbocycles. The molecular formula is C29H16Br2F8N2O2. The van der Waals surface area contributed by atoms with Crippen LogP contribution in [-0.4, -0.2) is 24.2 Å². The predicted octanol–water partition coefficient (Wildman–Crippen LogP) is 9.41. The van der Waals surface area contributed by atoms with Crippen LogP contribution in [0, 0.1) is 11.6 Å². The van der Waals surface area contributed by atoms with Gasteiger partial charge in [0.25, 0.3) is 11.8 Å². The molecule has 0 saturated heterocycles. The van der Waals surface area contributed by atoms with Crippen LogP contribution >= 0.6 is 31.9 Å². The molecule has 0 atom stereocenters. The van der Waals surface area contributed by atoms with Crippen LogP contribution in [0.2, 0.25) is 0 Å². The molecule has 0 spiro atoms. The Labute approximate surface area is 255 Å². The van der Waals surface area contributed by atoms with E-state index in [9.17, 15) is 35.9 Å². The fraction of sp³-hybridized carbons (Fsp3) is 0.103. The Hall–Kier alpha value is -3.78. The zero-order valence-electron chi connectivity index (χ0n) is 21.2. The van der Waals surface area contributed by atoms with Crippen molar-refractivity contribution >= 4 is 55.0 Å². The van der Waals surface area contributed by atoms with E-state index in [1.807, 2.05) is 0 Å². The summed E-state index contributed by atoms with van der Waals surface area (Å²) >= 11 is 5.53. The SMILES string of the molecule is O=C(Nc1c(F)cc(C(c2cc(F)c(NC(=O)c3ccccc3)c(Br)c2)(C(F)(F)F)C(F)(F)F)cc1Br)c1ccccc1. The van der Waals surface area contributed by atoms with E-state index in [1.54, 1.807) is 12.1 Å². The number of benzene rings is 4. The standard InChI is InChI=1S/C29H16Br2F8N2O2/c30-19-11-17(13-21(32)23(19)40-25(42)15-7-3-1-4-8-15)27(28(34,35)36,29(37,38)39)18-12-20(31)24(22(33)14-18)41-26(43)16-9-5-2-6-10-16/h1-14H,(H,40,42)(H,41,43). The number of amides is 2. The zero-order chi connectivity index (χ0) is 31.7. The Morgan fingerprint density at radius 3 is 1.16 bits per heavy atom. The summed E-state index contributed by atoms with van der Waals surface area (Å²) in [4.78, 5) is 25.0. The molecule has 4 aromatic rings. The number of rotatable bonds is 6. The maximum atomic E-state index is 15.2. The number of nitrogens with one attached hydrogen (secondary N) is 2. The van der Waals surface area contributed by atoms with Gasteiger partial charge < -0.3 is 10.6 Å². The van der Waals surface area contributed by atoms with Crippen LogP contribution in [-0.2, 0) is 5.41 Å². The van der Waals surface area contributed by atoms with Gasteiger partial charge in [-0.1, -0.05) is 36.4 Å². The van der Waals surface area contributed by atoms with Crippen LogP contribution < -0.4 is 10.6 Å². The highest BCUT2D eigenvalue weighted by Crippen LogP contribution is 2.57. The van der Waals surface area contributed by atoms with Gasteiger partial charge in [0, 0.05) is 20.1 Å². The second kappa shape index (κ2) is 12.1. The van der Waals surface area contributed by atoms with E-state index < -0.39 is 72.7 Å². The third-order valence-corrected chi connectivity index (χ3v) is 7.60. The molecule has 0 heterocycles. The van der Waals surface area contributed by atoms with Crippen molar-refractivity contribution in [3.63, 3.8) is 0 Å². The molecule has 0 bridgehead atoms. The lowest BCUT2D eigenvalue weighted by Gasteiger charge is -2.38. The third kappa shape index (κ3) is 6.16. The summed E-state index contributed by atoms with van der Waals surface area (Å²) < 4.78 is 117. The van der Waals surface area contributed by atoms with Crippen molar-refractivity contribution in [1.82, 2.24) is 0 Å². The molecule has 0 aromatic heterocycles. The Balaban J connectivity index is 1.85. The first-order valence-electron chi connectivity index (χ1n) is 11.9. The number of alkyl halides is 6. The lowest BCUT2D eigenvalue weighted by atomic mass is 9.72. The van der Waals surface area contributed by atoms with Crippen molar-refractivity contribution in [3.05, 3.63) is 128 Å². The van der Waals surface area contributed by atoms with Crippen molar-refractivity contribution in [1.29, 1.82) is 0 Å². The fourth-order valence-electron chi connectivity index (χ4n) is 4.35. The molecule has 43 heavy (non-hydrogen) atoms. The van der Waals surface area contributed by atoms with Gasteiger partial charge in [-0.2, -0.15) is 26.3 Å². The van der Waals surface area contributed by atoms with E-state index in [4.69, 9.17) is 0 Å². The van der Waals surface area contributed by atoms with Crippen LogP contribution in [0.1, 0.15) is 31.8 Å². The molecule has 0 aliphatic heterocycles. The number of hydrogen-bond donors (Lipinski definition) is 2. The summed E-state index contributed by atoms with van der Waals surface area (Å²) in [5.74, 6) is -5.02. The lowest BCUT2D eigenvalue weighted by molar-refractivity contribution is -0.288. The molecular weight excluding hydrogens is 720 g/mol. The predicted molar refractivity (Wildman–Crippen MR) is 150 cm³/mol. The van der Waals surface area contributed by atoms with Gasteiger partial charge in [0.1, 0.15) is 11.6 Å². The van der Waals surface area contributed by atoms with E-state index >= 15 is 8.78 Å². The summed E-state index contributed by atoms with van der Waals surface area (Å²) in [6, 6.07) is 15.2. The minimum Gasteiger partial charge on any atom is -0.319 e. The number of carbonyl (C=O) groups is 2. The van der Waals surface area contributed by atoms with E-state index in [0.29, 0.717) is 12.1 Å². The highest BCUT2D eigenvalue weighted by atomic mass is 79.9. The van der Waals surface area contributed by atoms with Gasteiger partial charge in [0.15, 0.2) is 0 Å². The summed E-state index contributed by atoms with van der Waals surface area (Å²) in [7, 11) is 0. The maximum Gasteiger partial charge on any atom is 0.411 e. The van der Waals surface area contributed by atoms with Crippen LogP contribution in [0.5, 0.6) is 0 Å². The fourth-order valence-corrected chi connectivity index (χ4v) is 5.42. The largest absolute Gasteiger partial charge is 0.411 e. The first-order valence-corrected chi connectivity index (χ1v) is 13.5. The van der Waals surface area contributed by atoms with Crippen LogP contribution in [0.3, 0.4) is 0 Å². The average Bonchev–Trinajstić information content (AvgIpc) is 2.92. The molecule has 0 unspecified atom stereocenters. The molecule has 0 aliphatic rings. The van der Waals surface area contributed by atoms with E-state index in [1.165, 1.54) is 48.5 Å². The molecule has 0 radical (unpaired) electrons. The number of halogens is 10. The molecule has 0 aliphatic carbocycles. The Kier molecular flexibility index (Phi) is 9.03. The molecule has 224 valence electrons. The van der Waals surface area contributed by atoms with E-state index in [0.717, 1.165) is 0 Å². The normalized spacial score (nSPS) is 12.1. The van der Waals surface area contributed by atoms with Crippen molar-refractivity contribution in [2.45, 2.75) is 17.8 Å². The molecule has 14 heteroatoms. The second-order valence-corrected chi connectivity index (χ2v) is 10.7. The lowest BCUT2D eigenvalue weighted by Crippen LogP contribution is -2.55. The van der Waals surface area contributed by atoms with Gasteiger partial charge in [-0.25, -0.2) is 8.78 Å². The van der Waals surface area contributed by atoms with Crippen LogP contribution in [0.25, 0.3) is 0 Å². The Morgan fingerprint density at radius 1 is 0.558 bits per heavy atom. The second-order valence-electron chi connectivity index (χ2n) is 9.02. The van der Waals surface area contributed by atoms with Crippen molar-refractivity contribution < 1.29 is 44.7 Å². The summed E-state index contributed by atoms with van der Waals surface area (Å²) in [6.07, 6.45) is -12.4. The van der Waals surface area contributed by atoms with Gasteiger partial charge in [-0.15, -0.1) is 0 Å².